The molecule has 382 valence electrons. The monoisotopic (exact) mass is 1050 g/mol. The number of hydrogen-bond acceptors (Lipinski definition) is 5. The van der Waals surface area contributed by atoms with Gasteiger partial charge in [-0.25, -0.2) is 15.0 Å². The molecule has 0 radical (unpaired) electrons. The predicted octanol–water partition coefficient (Wildman–Crippen LogP) is 17.7. The molecule has 0 N–H and O–H groups in total. The normalized spacial score (nSPS) is 11.9. The Bertz CT molecular complexity index is 5280. The van der Waals surface area contributed by atoms with Gasteiger partial charge in [-0.3, -0.25) is 9.13 Å². The lowest BCUT2D eigenvalue weighted by Crippen LogP contribution is -2.06. The fraction of sp³-hybridized carbons (Fsp3) is 0. The molecule has 11 aromatic carbocycles. The Kier molecular flexibility index (Phi) is 10.1. The average Bonchev–Trinajstić information content (AvgIpc) is 2.17. The summed E-state index contributed by atoms with van der Waals surface area (Å²) in [5.74, 6) is 2.28. The lowest BCUT2D eigenvalue weighted by Gasteiger charge is -2.13. The van der Waals surface area contributed by atoms with Gasteiger partial charge in [0.15, 0.2) is 11.6 Å². The summed E-state index contributed by atoms with van der Waals surface area (Å²) >= 11 is 0. The molecule has 0 amide bonds. The summed E-state index contributed by atoms with van der Waals surface area (Å²) in [4.78, 5) is 26.9. The van der Waals surface area contributed by atoms with Gasteiger partial charge in [0.05, 0.1) is 55.5 Å². The van der Waals surface area contributed by atoms with Crippen LogP contribution in [-0.4, -0.2) is 43.2 Å². The van der Waals surface area contributed by atoms with E-state index in [0.717, 1.165) is 111 Å². The van der Waals surface area contributed by atoms with Crippen LogP contribution in [-0.2, 0) is 0 Å². The van der Waals surface area contributed by atoms with E-state index in [1.165, 1.54) is 21.5 Å². The molecule has 9 heteroatoms. The molecule has 0 aliphatic rings. The molecule has 0 spiro atoms. The Hall–Kier alpha value is -11.3. The van der Waals surface area contributed by atoms with E-state index < -0.39 is 0 Å². The van der Waals surface area contributed by atoms with Gasteiger partial charge < -0.3 is 9.13 Å². The fourth-order valence-electron chi connectivity index (χ4n) is 12.6. The van der Waals surface area contributed by atoms with Crippen molar-refractivity contribution < 1.29 is 0 Å². The number of aromatic nitrogens is 9. The summed E-state index contributed by atoms with van der Waals surface area (Å²) in [7, 11) is 0. The number of hydrogen-bond donors (Lipinski definition) is 0. The van der Waals surface area contributed by atoms with Crippen LogP contribution in [0.4, 0.5) is 0 Å². The number of rotatable bonds is 8. The molecule has 0 fully saturated rings. The summed E-state index contributed by atoms with van der Waals surface area (Å²) < 4.78 is 9.24. The molecule has 0 aliphatic heterocycles. The molecular formula is C73H45N9. The molecule has 9 nitrogen and oxygen atoms in total. The molecule has 0 atom stereocenters. The molecule has 0 aliphatic carbocycles. The highest BCUT2D eigenvalue weighted by Crippen LogP contribution is 2.43. The van der Waals surface area contributed by atoms with Crippen LogP contribution in [0.1, 0.15) is 0 Å². The van der Waals surface area contributed by atoms with Crippen molar-refractivity contribution in [1.29, 1.82) is 0 Å². The van der Waals surface area contributed by atoms with Gasteiger partial charge in [0.1, 0.15) is 0 Å². The predicted molar refractivity (Wildman–Crippen MR) is 335 cm³/mol. The summed E-state index contributed by atoms with van der Waals surface area (Å²) in [6, 6.07) is 96.2. The van der Waals surface area contributed by atoms with Gasteiger partial charge in [-0.2, -0.15) is 9.97 Å². The van der Waals surface area contributed by atoms with E-state index in [4.69, 9.17) is 24.9 Å². The van der Waals surface area contributed by atoms with Gasteiger partial charge in [-0.15, -0.1) is 0 Å². The third kappa shape index (κ3) is 7.03. The van der Waals surface area contributed by atoms with Gasteiger partial charge in [0, 0.05) is 76.7 Å². The van der Waals surface area contributed by atoms with Crippen molar-refractivity contribution in [2.24, 2.45) is 0 Å². The van der Waals surface area contributed by atoms with Crippen molar-refractivity contribution in [3.63, 3.8) is 0 Å². The Morgan fingerprint density at radius 2 is 0.646 bits per heavy atom. The highest BCUT2D eigenvalue weighted by atomic mass is 15.2. The Balaban J connectivity index is 0.933. The minimum Gasteiger partial charge on any atom is -0.309 e. The number of para-hydroxylation sites is 5. The third-order valence-corrected chi connectivity index (χ3v) is 16.2. The lowest BCUT2D eigenvalue weighted by atomic mass is 10.0. The zero-order valence-electron chi connectivity index (χ0n) is 44.0. The van der Waals surface area contributed by atoms with Gasteiger partial charge in [-0.05, 0) is 78.9 Å². The maximum Gasteiger partial charge on any atom is 0.238 e. The zero-order chi connectivity index (χ0) is 53.8. The van der Waals surface area contributed by atoms with Crippen molar-refractivity contribution in [1.82, 2.24) is 43.2 Å². The summed E-state index contributed by atoms with van der Waals surface area (Å²) in [6.07, 6.45) is 0. The van der Waals surface area contributed by atoms with Gasteiger partial charge in [0.25, 0.3) is 0 Å². The second-order valence-electron chi connectivity index (χ2n) is 20.9. The second-order valence-corrected chi connectivity index (χ2v) is 20.9. The van der Waals surface area contributed by atoms with Crippen molar-refractivity contribution >= 4 is 87.2 Å². The Morgan fingerprint density at radius 3 is 1.26 bits per heavy atom. The second kappa shape index (κ2) is 18.1. The first-order valence-electron chi connectivity index (χ1n) is 27.6. The smallest absolute Gasteiger partial charge is 0.238 e. The van der Waals surface area contributed by atoms with Crippen LogP contribution in [0, 0.1) is 0 Å². The van der Waals surface area contributed by atoms with Crippen molar-refractivity contribution in [2.75, 3.05) is 0 Å². The largest absolute Gasteiger partial charge is 0.309 e. The molecule has 0 bridgehead atoms. The van der Waals surface area contributed by atoms with E-state index >= 15 is 0 Å². The SMILES string of the molecule is c1ccc(-c2cc(-c3ccc4c(c3)c3cc(-n5c6ccccc6c6ccccc65)ccc3n4-c3nc(-c4ccccc4)nc(-c4ccccc4)n3)nc(-n3c4ccccc4c4c3ccc3c5ccccc5n(-c5ccccc5)c34)n2)cc1. The number of benzene rings is 11. The van der Waals surface area contributed by atoms with Gasteiger partial charge >= 0.3 is 0 Å². The Morgan fingerprint density at radius 1 is 0.220 bits per heavy atom. The topological polar surface area (TPSA) is 84.2 Å². The molecule has 0 unspecified atom stereocenters. The van der Waals surface area contributed by atoms with Crippen LogP contribution in [0.15, 0.2) is 273 Å². The summed E-state index contributed by atoms with van der Waals surface area (Å²) in [5.41, 5.74) is 16.0. The van der Waals surface area contributed by atoms with E-state index in [0.29, 0.717) is 23.5 Å². The summed E-state index contributed by atoms with van der Waals surface area (Å²) in [6.45, 7) is 0. The standard InChI is InChI=1S/C73H45N9/c1-5-21-46(22-6-1)59-45-60(75-72(74-59)82-64-36-20-16-32-56(64)68-67(82)42-39-55-54-31-15-19-35-63(54)80(69(55)68)50-27-11-4-12-28-50)49-37-40-65-57(43-49)58-44-51(79-61-33-17-13-29-52(61)53-30-14-18-34-62(53)79)38-41-66(58)81(65)73-77-70(47-23-7-2-8-24-47)76-71(78-73)48-25-9-3-10-26-48/h1-45H. The van der Waals surface area contributed by atoms with E-state index in [2.05, 4.69) is 225 Å². The van der Waals surface area contributed by atoms with Gasteiger partial charge in [-0.1, -0.05) is 194 Å². The van der Waals surface area contributed by atoms with E-state index in [1.807, 2.05) is 66.7 Å². The number of fused-ring (bicyclic) bond motifs is 13. The van der Waals surface area contributed by atoms with Crippen molar-refractivity contribution in [3.8, 4) is 68.6 Å². The highest BCUT2D eigenvalue weighted by Gasteiger charge is 2.25. The molecule has 82 heavy (non-hydrogen) atoms. The lowest BCUT2D eigenvalue weighted by molar-refractivity contribution is 0.953. The minimum atomic E-state index is 0.521. The van der Waals surface area contributed by atoms with Crippen LogP contribution >= 0.6 is 0 Å². The van der Waals surface area contributed by atoms with E-state index in [1.54, 1.807) is 0 Å². The van der Waals surface area contributed by atoms with Crippen LogP contribution in [0.3, 0.4) is 0 Å². The average molecular weight is 1050 g/mol. The molecule has 17 aromatic rings. The quantitative estimate of drug-likeness (QED) is 0.151. The van der Waals surface area contributed by atoms with E-state index in [9.17, 15) is 0 Å². The Labute approximate surface area is 469 Å². The van der Waals surface area contributed by atoms with Crippen LogP contribution in [0.25, 0.3) is 156 Å². The molecule has 0 saturated heterocycles. The van der Waals surface area contributed by atoms with Gasteiger partial charge in [0.2, 0.25) is 11.9 Å². The summed E-state index contributed by atoms with van der Waals surface area (Å²) in [5, 5.41) is 9.12. The van der Waals surface area contributed by atoms with Crippen molar-refractivity contribution in [2.45, 2.75) is 0 Å². The maximum absolute atomic E-state index is 5.65. The molecule has 17 rings (SSSR count). The van der Waals surface area contributed by atoms with Crippen LogP contribution in [0.5, 0.6) is 0 Å². The van der Waals surface area contributed by atoms with Crippen molar-refractivity contribution in [3.05, 3.63) is 273 Å². The maximum atomic E-state index is 5.65. The van der Waals surface area contributed by atoms with E-state index in [-0.39, 0.29) is 0 Å². The minimum absolute atomic E-state index is 0.521. The van der Waals surface area contributed by atoms with Crippen LogP contribution < -0.4 is 0 Å². The highest BCUT2D eigenvalue weighted by molar-refractivity contribution is 6.26. The zero-order valence-corrected chi connectivity index (χ0v) is 44.0. The first kappa shape index (κ1) is 45.7. The first-order valence-corrected chi connectivity index (χ1v) is 27.6. The first-order chi connectivity index (χ1) is 40.7. The molecule has 6 heterocycles. The molecule has 0 saturated carbocycles. The van der Waals surface area contributed by atoms with Crippen LogP contribution in [0.2, 0.25) is 0 Å². The molecule has 6 aromatic heterocycles. The third-order valence-electron chi connectivity index (χ3n) is 16.2. The number of nitrogens with zero attached hydrogens (tertiary/aromatic N) is 9. The fourth-order valence-corrected chi connectivity index (χ4v) is 12.6. The molecular weight excluding hydrogens is 1000 g/mol.